The molecule has 1 aromatic carbocycles. The Labute approximate surface area is 111 Å². The van der Waals surface area contributed by atoms with Crippen molar-refractivity contribution in [2.75, 3.05) is 0 Å². The topological polar surface area (TPSA) is 12.0 Å². The van der Waals surface area contributed by atoms with E-state index in [-0.39, 0.29) is 6.04 Å². The van der Waals surface area contributed by atoms with Crippen LogP contribution in [-0.4, -0.2) is 6.04 Å². The second-order valence-corrected chi connectivity index (χ2v) is 5.40. The summed E-state index contributed by atoms with van der Waals surface area (Å²) in [6, 6.07) is 9.52. The van der Waals surface area contributed by atoms with E-state index in [0.29, 0.717) is 6.04 Å². The van der Waals surface area contributed by atoms with Crippen molar-refractivity contribution in [1.29, 1.82) is 0 Å². The van der Waals surface area contributed by atoms with Gasteiger partial charge in [0.1, 0.15) is 0 Å². The summed E-state index contributed by atoms with van der Waals surface area (Å²) in [5, 5.41) is 3.67. The molecule has 0 heterocycles. The van der Waals surface area contributed by atoms with Gasteiger partial charge in [-0.3, -0.25) is 5.32 Å². The van der Waals surface area contributed by atoms with Gasteiger partial charge in [-0.1, -0.05) is 49.1 Å². The molecule has 1 saturated carbocycles. The highest BCUT2D eigenvalue weighted by atomic mass is 15.0. The van der Waals surface area contributed by atoms with Gasteiger partial charge in [-0.2, -0.15) is 0 Å². The standard InChI is InChI=1S/C17H23N/c1-4-6-16(5-2)18-17(15-11-12-15)14-9-7-13(3)8-10-14/h2,7-10,15-18H,4,6,11-12H2,1,3H3. The Morgan fingerprint density at radius 3 is 2.50 bits per heavy atom. The van der Waals surface area contributed by atoms with Crippen molar-refractivity contribution in [2.24, 2.45) is 5.92 Å². The SMILES string of the molecule is C#CC(CCC)NC(c1ccc(C)cc1)C1CC1. The molecule has 1 heteroatoms. The highest BCUT2D eigenvalue weighted by molar-refractivity contribution is 5.26. The van der Waals surface area contributed by atoms with Crippen LogP contribution in [0.25, 0.3) is 0 Å². The van der Waals surface area contributed by atoms with Crippen molar-refractivity contribution in [3.05, 3.63) is 35.4 Å². The Balaban J connectivity index is 2.08. The van der Waals surface area contributed by atoms with Gasteiger partial charge >= 0.3 is 0 Å². The lowest BCUT2D eigenvalue weighted by Crippen LogP contribution is -2.32. The number of rotatable bonds is 6. The molecule has 0 spiro atoms. The first-order valence-electron chi connectivity index (χ1n) is 7.03. The average Bonchev–Trinajstić information content (AvgIpc) is 3.20. The van der Waals surface area contributed by atoms with E-state index in [2.05, 4.69) is 49.4 Å². The van der Waals surface area contributed by atoms with Crippen molar-refractivity contribution < 1.29 is 0 Å². The van der Waals surface area contributed by atoms with Crippen molar-refractivity contribution >= 4 is 0 Å². The molecule has 2 rings (SSSR count). The summed E-state index contributed by atoms with van der Waals surface area (Å²) in [6.07, 6.45) is 10.5. The van der Waals surface area contributed by atoms with Gasteiger partial charge in [0.15, 0.2) is 0 Å². The van der Waals surface area contributed by atoms with Crippen LogP contribution in [-0.2, 0) is 0 Å². The van der Waals surface area contributed by atoms with Gasteiger partial charge in [-0.15, -0.1) is 6.42 Å². The Bertz CT molecular complexity index is 408. The molecule has 0 bridgehead atoms. The molecular weight excluding hydrogens is 218 g/mol. The van der Waals surface area contributed by atoms with E-state index in [1.165, 1.54) is 24.0 Å². The summed E-state index contributed by atoms with van der Waals surface area (Å²) in [6.45, 7) is 4.31. The van der Waals surface area contributed by atoms with Crippen LogP contribution in [0, 0.1) is 25.2 Å². The molecule has 1 nitrogen and oxygen atoms in total. The van der Waals surface area contributed by atoms with Crippen LogP contribution in [0.5, 0.6) is 0 Å². The summed E-state index contributed by atoms with van der Waals surface area (Å²) < 4.78 is 0. The zero-order valence-corrected chi connectivity index (χ0v) is 11.4. The summed E-state index contributed by atoms with van der Waals surface area (Å²) >= 11 is 0. The Morgan fingerprint density at radius 1 is 1.33 bits per heavy atom. The smallest absolute Gasteiger partial charge is 0.0691 e. The number of nitrogens with one attached hydrogen (secondary N) is 1. The monoisotopic (exact) mass is 241 g/mol. The third-order valence-corrected chi connectivity index (χ3v) is 3.69. The fourth-order valence-electron chi connectivity index (χ4n) is 2.43. The third kappa shape index (κ3) is 3.37. The normalized spacial score (nSPS) is 18.1. The van der Waals surface area contributed by atoms with E-state index >= 15 is 0 Å². The van der Waals surface area contributed by atoms with Crippen molar-refractivity contribution in [3.63, 3.8) is 0 Å². The first-order chi connectivity index (χ1) is 8.74. The molecule has 18 heavy (non-hydrogen) atoms. The molecule has 2 atom stereocenters. The largest absolute Gasteiger partial charge is 0.296 e. The third-order valence-electron chi connectivity index (χ3n) is 3.69. The van der Waals surface area contributed by atoms with Crippen LogP contribution in [0.15, 0.2) is 24.3 Å². The molecule has 1 fully saturated rings. The van der Waals surface area contributed by atoms with Gasteiger partial charge in [-0.25, -0.2) is 0 Å². The minimum absolute atomic E-state index is 0.210. The summed E-state index contributed by atoms with van der Waals surface area (Å²) in [5.41, 5.74) is 2.70. The van der Waals surface area contributed by atoms with Crippen molar-refractivity contribution in [2.45, 2.75) is 51.6 Å². The predicted octanol–water partition coefficient (Wildman–Crippen LogP) is 3.84. The van der Waals surface area contributed by atoms with Gasteiger partial charge in [-0.05, 0) is 37.7 Å². The molecular formula is C17H23N. The summed E-state index contributed by atoms with van der Waals surface area (Å²) in [7, 11) is 0. The molecule has 0 amide bonds. The van der Waals surface area contributed by atoms with E-state index in [1.807, 2.05) is 0 Å². The maximum absolute atomic E-state index is 5.62. The van der Waals surface area contributed by atoms with Crippen LogP contribution >= 0.6 is 0 Å². The van der Waals surface area contributed by atoms with Crippen LogP contribution in [0.2, 0.25) is 0 Å². The fourth-order valence-corrected chi connectivity index (χ4v) is 2.43. The molecule has 1 aliphatic rings. The Kier molecular flexibility index (Phi) is 4.44. The zero-order chi connectivity index (χ0) is 13.0. The molecule has 0 aromatic heterocycles. The number of hydrogen-bond donors (Lipinski definition) is 1. The molecule has 1 aliphatic carbocycles. The molecule has 0 saturated heterocycles. The van der Waals surface area contributed by atoms with Crippen LogP contribution in [0.1, 0.15) is 49.8 Å². The molecule has 96 valence electrons. The number of benzene rings is 1. The Morgan fingerprint density at radius 2 is 2.00 bits per heavy atom. The average molecular weight is 241 g/mol. The lowest BCUT2D eigenvalue weighted by atomic mass is 9.99. The van der Waals surface area contributed by atoms with Crippen LogP contribution < -0.4 is 5.32 Å². The maximum atomic E-state index is 5.62. The maximum Gasteiger partial charge on any atom is 0.0691 e. The number of aryl methyl sites for hydroxylation is 1. The van der Waals surface area contributed by atoms with Crippen molar-refractivity contribution in [3.8, 4) is 12.3 Å². The highest BCUT2D eigenvalue weighted by Gasteiger charge is 2.33. The zero-order valence-electron chi connectivity index (χ0n) is 11.4. The van der Waals surface area contributed by atoms with Crippen LogP contribution in [0.4, 0.5) is 0 Å². The van der Waals surface area contributed by atoms with E-state index in [9.17, 15) is 0 Å². The Hall–Kier alpha value is -1.26. The second kappa shape index (κ2) is 6.07. The van der Waals surface area contributed by atoms with Crippen LogP contribution in [0.3, 0.4) is 0 Å². The molecule has 0 aliphatic heterocycles. The quantitative estimate of drug-likeness (QED) is 0.746. The lowest BCUT2D eigenvalue weighted by Gasteiger charge is -2.23. The van der Waals surface area contributed by atoms with E-state index in [1.54, 1.807) is 0 Å². The number of hydrogen-bond acceptors (Lipinski definition) is 1. The highest BCUT2D eigenvalue weighted by Crippen LogP contribution is 2.41. The predicted molar refractivity (Wildman–Crippen MR) is 77.3 cm³/mol. The second-order valence-electron chi connectivity index (χ2n) is 5.40. The molecule has 2 unspecified atom stereocenters. The van der Waals surface area contributed by atoms with E-state index in [4.69, 9.17) is 6.42 Å². The minimum atomic E-state index is 0.210. The van der Waals surface area contributed by atoms with Gasteiger partial charge in [0.2, 0.25) is 0 Å². The summed E-state index contributed by atoms with van der Waals surface area (Å²) in [4.78, 5) is 0. The van der Waals surface area contributed by atoms with Gasteiger partial charge < -0.3 is 0 Å². The van der Waals surface area contributed by atoms with Crippen molar-refractivity contribution in [1.82, 2.24) is 5.32 Å². The molecule has 0 radical (unpaired) electrons. The van der Waals surface area contributed by atoms with E-state index < -0.39 is 0 Å². The van der Waals surface area contributed by atoms with Gasteiger partial charge in [0.25, 0.3) is 0 Å². The lowest BCUT2D eigenvalue weighted by molar-refractivity contribution is 0.432. The van der Waals surface area contributed by atoms with Gasteiger partial charge in [0, 0.05) is 6.04 Å². The molecule has 1 aromatic rings. The summed E-state index contributed by atoms with van der Waals surface area (Å²) in [5.74, 6) is 3.66. The van der Waals surface area contributed by atoms with E-state index in [0.717, 1.165) is 18.8 Å². The fraction of sp³-hybridized carbons (Fsp3) is 0.529. The van der Waals surface area contributed by atoms with Gasteiger partial charge in [0.05, 0.1) is 6.04 Å². The number of terminal acetylenes is 1. The molecule has 1 N–H and O–H groups in total. The first-order valence-corrected chi connectivity index (χ1v) is 7.03. The first kappa shape index (κ1) is 13.2. The minimum Gasteiger partial charge on any atom is -0.296 e.